The Balaban J connectivity index is 1.67. The molecule has 100 valence electrons. The van der Waals surface area contributed by atoms with Crippen LogP contribution >= 0.6 is 0 Å². The molecular weight excluding hydrogens is 220 g/mol. The van der Waals surface area contributed by atoms with Gasteiger partial charge in [0, 0.05) is 19.1 Å². The Morgan fingerprint density at radius 2 is 1.89 bits per heavy atom. The second-order valence-electron chi connectivity index (χ2n) is 6.10. The molecule has 0 radical (unpaired) electrons. The molecule has 1 aromatic carbocycles. The van der Waals surface area contributed by atoms with Crippen molar-refractivity contribution in [3.63, 3.8) is 0 Å². The molecule has 3 N–H and O–H groups in total. The van der Waals surface area contributed by atoms with E-state index < -0.39 is 0 Å². The Hall–Kier alpha value is -0.860. The molecule has 0 saturated heterocycles. The fraction of sp³-hybridized carbons (Fsp3) is 0.625. The number of hydrogen-bond acceptors (Lipinski definition) is 2. The second-order valence-corrected chi connectivity index (χ2v) is 6.10. The van der Waals surface area contributed by atoms with Gasteiger partial charge in [0.25, 0.3) is 0 Å². The highest BCUT2D eigenvalue weighted by molar-refractivity contribution is 5.15. The van der Waals surface area contributed by atoms with Crippen LogP contribution in [0.3, 0.4) is 0 Å². The normalized spacial score (nSPS) is 19.9. The van der Waals surface area contributed by atoms with Crippen LogP contribution in [0, 0.1) is 5.41 Å². The van der Waals surface area contributed by atoms with Gasteiger partial charge in [-0.1, -0.05) is 50.1 Å². The van der Waals surface area contributed by atoms with E-state index in [1.807, 2.05) is 6.07 Å². The highest BCUT2D eigenvalue weighted by atomic mass is 14.9. The topological polar surface area (TPSA) is 38.0 Å². The Labute approximate surface area is 111 Å². The van der Waals surface area contributed by atoms with Crippen molar-refractivity contribution in [1.82, 2.24) is 5.32 Å². The molecule has 0 amide bonds. The fourth-order valence-corrected chi connectivity index (χ4v) is 2.95. The summed E-state index contributed by atoms with van der Waals surface area (Å²) < 4.78 is 0. The lowest BCUT2D eigenvalue weighted by atomic mass is 9.89. The standard InChI is InChI=1S/C16H26N2/c1-16(9-5-6-10-16)13-18-12-15(17)11-14-7-3-2-4-8-14/h2-4,7-8,15,18H,5-6,9-13,17H2,1H3. The maximum absolute atomic E-state index is 6.17. The fourth-order valence-electron chi connectivity index (χ4n) is 2.95. The average Bonchev–Trinajstić information content (AvgIpc) is 2.77. The third-order valence-corrected chi connectivity index (χ3v) is 4.11. The van der Waals surface area contributed by atoms with Crippen LogP contribution < -0.4 is 11.1 Å². The van der Waals surface area contributed by atoms with Crippen molar-refractivity contribution >= 4 is 0 Å². The summed E-state index contributed by atoms with van der Waals surface area (Å²) in [5, 5.41) is 3.56. The zero-order chi connectivity index (χ0) is 12.8. The molecule has 1 saturated carbocycles. The van der Waals surface area contributed by atoms with E-state index in [0.29, 0.717) is 5.41 Å². The van der Waals surface area contributed by atoms with Crippen molar-refractivity contribution in [3.8, 4) is 0 Å². The second kappa shape index (κ2) is 6.35. The summed E-state index contributed by atoms with van der Waals surface area (Å²) >= 11 is 0. The molecule has 18 heavy (non-hydrogen) atoms. The molecule has 2 heteroatoms. The highest BCUT2D eigenvalue weighted by Gasteiger charge is 2.27. The summed E-state index contributed by atoms with van der Waals surface area (Å²) in [7, 11) is 0. The van der Waals surface area contributed by atoms with Gasteiger partial charge in [-0.15, -0.1) is 0 Å². The van der Waals surface area contributed by atoms with E-state index in [4.69, 9.17) is 5.73 Å². The van der Waals surface area contributed by atoms with Crippen LogP contribution in [0.1, 0.15) is 38.2 Å². The van der Waals surface area contributed by atoms with Gasteiger partial charge in [-0.05, 0) is 30.2 Å². The van der Waals surface area contributed by atoms with Gasteiger partial charge < -0.3 is 11.1 Å². The van der Waals surface area contributed by atoms with E-state index in [9.17, 15) is 0 Å². The van der Waals surface area contributed by atoms with Crippen LogP contribution in [0.15, 0.2) is 30.3 Å². The molecule has 1 aliphatic rings. The van der Waals surface area contributed by atoms with Crippen molar-refractivity contribution in [3.05, 3.63) is 35.9 Å². The number of hydrogen-bond donors (Lipinski definition) is 2. The molecule has 0 bridgehead atoms. The molecule has 0 spiro atoms. The van der Waals surface area contributed by atoms with Crippen LogP contribution in [0.25, 0.3) is 0 Å². The number of nitrogens with two attached hydrogens (primary N) is 1. The summed E-state index contributed by atoms with van der Waals surface area (Å²) in [4.78, 5) is 0. The molecule has 0 heterocycles. The summed E-state index contributed by atoms with van der Waals surface area (Å²) in [5.74, 6) is 0. The first-order chi connectivity index (χ1) is 8.68. The van der Waals surface area contributed by atoms with Crippen LogP contribution in [-0.4, -0.2) is 19.1 Å². The molecule has 0 aromatic heterocycles. The zero-order valence-corrected chi connectivity index (χ0v) is 11.5. The summed E-state index contributed by atoms with van der Waals surface area (Å²) in [6, 6.07) is 10.7. The van der Waals surface area contributed by atoms with Crippen molar-refractivity contribution in [2.75, 3.05) is 13.1 Å². The predicted octanol–water partition coefficient (Wildman–Crippen LogP) is 2.73. The number of benzene rings is 1. The predicted molar refractivity (Wildman–Crippen MR) is 77.6 cm³/mol. The van der Waals surface area contributed by atoms with Crippen LogP contribution in [0.5, 0.6) is 0 Å². The third kappa shape index (κ3) is 4.11. The summed E-state index contributed by atoms with van der Waals surface area (Å²) in [6.07, 6.45) is 6.49. The molecule has 1 unspecified atom stereocenters. The first-order valence-corrected chi connectivity index (χ1v) is 7.18. The lowest BCUT2D eigenvalue weighted by molar-refractivity contribution is 0.312. The Kier molecular flexibility index (Phi) is 4.79. The first kappa shape index (κ1) is 13.6. The molecule has 2 rings (SSSR count). The maximum Gasteiger partial charge on any atom is 0.0206 e. The Bertz CT molecular complexity index is 341. The monoisotopic (exact) mass is 246 g/mol. The van der Waals surface area contributed by atoms with E-state index in [0.717, 1.165) is 19.5 Å². The molecule has 2 nitrogen and oxygen atoms in total. The average molecular weight is 246 g/mol. The minimum atomic E-state index is 0.220. The van der Waals surface area contributed by atoms with Crippen LogP contribution in [-0.2, 0) is 6.42 Å². The largest absolute Gasteiger partial charge is 0.326 e. The molecule has 1 atom stereocenters. The third-order valence-electron chi connectivity index (χ3n) is 4.11. The highest BCUT2D eigenvalue weighted by Crippen LogP contribution is 2.36. The van der Waals surface area contributed by atoms with Gasteiger partial charge in [0.05, 0.1) is 0 Å². The first-order valence-electron chi connectivity index (χ1n) is 7.18. The quantitative estimate of drug-likeness (QED) is 0.810. The van der Waals surface area contributed by atoms with Crippen LogP contribution in [0.2, 0.25) is 0 Å². The van der Waals surface area contributed by atoms with Crippen molar-refractivity contribution in [1.29, 1.82) is 0 Å². The minimum Gasteiger partial charge on any atom is -0.326 e. The Morgan fingerprint density at radius 1 is 1.22 bits per heavy atom. The SMILES string of the molecule is CC1(CNCC(N)Cc2ccccc2)CCCC1. The maximum atomic E-state index is 6.17. The Morgan fingerprint density at radius 3 is 2.56 bits per heavy atom. The van der Waals surface area contributed by atoms with Gasteiger partial charge in [0.15, 0.2) is 0 Å². The summed E-state index contributed by atoms with van der Waals surface area (Å²) in [5.41, 5.74) is 8.02. The van der Waals surface area contributed by atoms with Crippen molar-refractivity contribution in [2.45, 2.75) is 45.1 Å². The number of rotatable bonds is 6. The van der Waals surface area contributed by atoms with Crippen LogP contribution in [0.4, 0.5) is 0 Å². The molecule has 0 aliphatic heterocycles. The van der Waals surface area contributed by atoms with Gasteiger partial charge in [0.2, 0.25) is 0 Å². The molecule has 1 aliphatic carbocycles. The van der Waals surface area contributed by atoms with Gasteiger partial charge >= 0.3 is 0 Å². The van der Waals surface area contributed by atoms with Crippen molar-refractivity contribution in [2.24, 2.45) is 11.1 Å². The summed E-state index contributed by atoms with van der Waals surface area (Å²) in [6.45, 7) is 4.44. The number of nitrogens with one attached hydrogen (secondary N) is 1. The van der Waals surface area contributed by atoms with E-state index >= 15 is 0 Å². The minimum absolute atomic E-state index is 0.220. The van der Waals surface area contributed by atoms with E-state index in [-0.39, 0.29) is 6.04 Å². The molecular formula is C16H26N2. The lowest BCUT2D eigenvalue weighted by Gasteiger charge is -2.25. The van der Waals surface area contributed by atoms with Crippen molar-refractivity contribution < 1.29 is 0 Å². The molecule has 1 fully saturated rings. The van der Waals surface area contributed by atoms with E-state index in [2.05, 4.69) is 36.5 Å². The smallest absolute Gasteiger partial charge is 0.0206 e. The zero-order valence-electron chi connectivity index (χ0n) is 11.5. The van der Waals surface area contributed by atoms with Gasteiger partial charge in [-0.25, -0.2) is 0 Å². The lowest BCUT2D eigenvalue weighted by Crippen LogP contribution is -2.39. The van der Waals surface area contributed by atoms with Gasteiger partial charge in [-0.3, -0.25) is 0 Å². The van der Waals surface area contributed by atoms with Gasteiger partial charge in [0.1, 0.15) is 0 Å². The van der Waals surface area contributed by atoms with E-state index in [1.54, 1.807) is 0 Å². The van der Waals surface area contributed by atoms with E-state index in [1.165, 1.54) is 31.2 Å². The van der Waals surface area contributed by atoms with Gasteiger partial charge in [-0.2, -0.15) is 0 Å². The molecule has 1 aromatic rings.